The van der Waals surface area contributed by atoms with Crippen LogP contribution in [0.1, 0.15) is 10.4 Å². The number of hydrogen-bond acceptors (Lipinski definition) is 5. The van der Waals surface area contributed by atoms with Gasteiger partial charge in [-0.25, -0.2) is 14.8 Å². The van der Waals surface area contributed by atoms with E-state index in [-0.39, 0.29) is 11.4 Å². The first-order chi connectivity index (χ1) is 5.66. The number of thioether (sulfide) groups is 1. The second kappa shape index (κ2) is 3.40. The fourth-order valence-corrected chi connectivity index (χ4v) is 1.29. The Morgan fingerprint density at radius 1 is 1.67 bits per heavy atom. The molecule has 0 fully saturated rings. The van der Waals surface area contributed by atoms with Gasteiger partial charge in [0.05, 0.1) is 0 Å². The Morgan fingerprint density at radius 3 is 2.75 bits per heavy atom. The minimum atomic E-state index is -1.10. The van der Waals surface area contributed by atoms with E-state index < -0.39 is 5.97 Å². The number of nitrogens with two attached hydrogens (primary N) is 1. The predicted octanol–water partition coefficient (Wildman–Crippen LogP) is 0.479. The first kappa shape index (κ1) is 8.79. The number of rotatable bonds is 2. The van der Waals surface area contributed by atoms with Crippen LogP contribution in [0.15, 0.2) is 11.4 Å². The Balaban J connectivity index is 3.29. The molecular weight excluding hydrogens is 178 g/mol. The quantitative estimate of drug-likeness (QED) is 0.514. The van der Waals surface area contributed by atoms with Gasteiger partial charge in [0, 0.05) is 0 Å². The fraction of sp³-hybridized carbons (Fsp3) is 0.167. The van der Waals surface area contributed by atoms with E-state index in [1.54, 1.807) is 6.26 Å². The van der Waals surface area contributed by atoms with Crippen LogP contribution in [0.4, 0.5) is 5.82 Å². The van der Waals surface area contributed by atoms with Crippen molar-refractivity contribution in [2.75, 3.05) is 12.0 Å². The lowest BCUT2D eigenvalue weighted by Gasteiger charge is -2.02. The van der Waals surface area contributed by atoms with Gasteiger partial charge in [-0.1, -0.05) is 0 Å². The molecule has 0 saturated heterocycles. The van der Waals surface area contributed by atoms with Crippen LogP contribution >= 0.6 is 11.8 Å². The lowest BCUT2D eigenvalue weighted by atomic mass is 10.3. The van der Waals surface area contributed by atoms with Crippen LogP contribution in [0.25, 0.3) is 0 Å². The van der Waals surface area contributed by atoms with Crippen molar-refractivity contribution in [1.82, 2.24) is 9.97 Å². The van der Waals surface area contributed by atoms with Crippen LogP contribution in [0.2, 0.25) is 0 Å². The van der Waals surface area contributed by atoms with Gasteiger partial charge in [-0.15, -0.1) is 11.8 Å². The molecule has 12 heavy (non-hydrogen) atoms. The Labute approximate surface area is 73.0 Å². The summed E-state index contributed by atoms with van der Waals surface area (Å²) in [6.45, 7) is 0. The zero-order valence-electron chi connectivity index (χ0n) is 6.31. The minimum absolute atomic E-state index is 0.00171. The normalized spacial score (nSPS) is 9.75. The molecule has 3 N–H and O–H groups in total. The molecule has 0 aliphatic carbocycles. The van der Waals surface area contributed by atoms with Crippen LogP contribution in [0.5, 0.6) is 0 Å². The Hall–Kier alpha value is -1.30. The molecule has 6 heteroatoms. The summed E-state index contributed by atoms with van der Waals surface area (Å²) in [5, 5.41) is 9.09. The van der Waals surface area contributed by atoms with Gasteiger partial charge in [0.25, 0.3) is 0 Å². The highest BCUT2D eigenvalue weighted by molar-refractivity contribution is 7.98. The molecule has 1 heterocycles. The van der Waals surface area contributed by atoms with Crippen molar-refractivity contribution in [3.8, 4) is 0 Å². The minimum Gasteiger partial charge on any atom is -0.477 e. The third-order valence-electron chi connectivity index (χ3n) is 1.25. The summed E-state index contributed by atoms with van der Waals surface area (Å²) in [5.41, 5.74) is 5.33. The van der Waals surface area contributed by atoms with Crippen molar-refractivity contribution in [2.24, 2.45) is 0 Å². The number of aromatic carboxylic acids is 1. The third kappa shape index (κ3) is 1.48. The van der Waals surface area contributed by atoms with E-state index in [2.05, 4.69) is 9.97 Å². The van der Waals surface area contributed by atoms with Crippen molar-refractivity contribution in [2.45, 2.75) is 5.03 Å². The maximum atomic E-state index is 10.6. The molecule has 0 bridgehead atoms. The molecule has 0 radical (unpaired) electrons. The van der Waals surface area contributed by atoms with Gasteiger partial charge in [-0.3, -0.25) is 0 Å². The maximum absolute atomic E-state index is 10.6. The van der Waals surface area contributed by atoms with Crippen molar-refractivity contribution < 1.29 is 9.90 Å². The van der Waals surface area contributed by atoms with E-state index in [9.17, 15) is 4.79 Å². The molecule has 64 valence electrons. The number of anilines is 1. The molecule has 0 spiro atoms. The van der Waals surface area contributed by atoms with Crippen molar-refractivity contribution in [3.05, 3.63) is 11.9 Å². The van der Waals surface area contributed by atoms with Crippen molar-refractivity contribution in [1.29, 1.82) is 0 Å². The monoisotopic (exact) mass is 185 g/mol. The lowest BCUT2D eigenvalue weighted by molar-refractivity contribution is 0.0693. The Kier molecular flexibility index (Phi) is 2.49. The van der Waals surface area contributed by atoms with Crippen LogP contribution in [0.3, 0.4) is 0 Å². The van der Waals surface area contributed by atoms with Gasteiger partial charge >= 0.3 is 5.97 Å². The molecular formula is C6H7N3O2S. The summed E-state index contributed by atoms with van der Waals surface area (Å²) in [6, 6.07) is 0. The highest BCUT2D eigenvalue weighted by Gasteiger charge is 2.14. The topological polar surface area (TPSA) is 89.1 Å². The van der Waals surface area contributed by atoms with Gasteiger partial charge in [0.15, 0.2) is 0 Å². The lowest BCUT2D eigenvalue weighted by Crippen LogP contribution is -2.07. The summed E-state index contributed by atoms with van der Waals surface area (Å²) in [5.74, 6) is -1.10. The van der Waals surface area contributed by atoms with Crippen LogP contribution in [-0.4, -0.2) is 27.3 Å². The number of nitrogen functional groups attached to an aromatic ring is 1. The zero-order chi connectivity index (χ0) is 9.14. The molecule has 1 aromatic heterocycles. The first-order valence-corrected chi connectivity index (χ1v) is 4.27. The molecule has 5 nitrogen and oxygen atoms in total. The third-order valence-corrected chi connectivity index (χ3v) is 1.95. The van der Waals surface area contributed by atoms with E-state index in [4.69, 9.17) is 10.8 Å². The first-order valence-electron chi connectivity index (χ1n) is 3.04. The van der Waals surface area contributed by atoms with Gasteiger partial charge in [-0.2, -0.15) is 0 Å². The number of nitrogens with zero attached hydrogens (tertiary/aromatic N) is 2. The Bertz CT molecular complexity index is 316. The fourth-order valence-electron chi connectivity index (χ4n) is 0.738. The molecule has 0 atom stereocenters. The molecule has 1 rings (SSSR count). The van der Waals surface area contributed by atoms with Crippen LogP contribution in [-0.2, 0) is 0 Å². The van der Waals surface area contributed by atoms with E-state index in [1.807, 2.05) is 0 Å². The molecule has 0 saturated carbocycles. The molecule has 0 aromatic carbocycles. The van der Waals surface area contributed by atoms with Gasteiger partial charge in [0.1, 0.15) is 22.7 Å². The van der Waals surface area contributed by atoms with Crippen LogP contribution in [0, 0.1) is 0 Å². The van der Waals surface area contributed by atoms with E-state index in [0.29, 0.717) is 5.03 Å². The highest BCUT2D eigenvalue weighted by Crippen LogP contribution is 2.20. The van der Waals surface area contributed by atoms with Gasteiger partial charge < -0.3 is 10.8 Å². The average Bonchev–Trinajstić information content (AvgIpc) is 2.03. The SMILES string of the molecule is CSc1ncnc(N)c1C(=O)O. The van der Waals surface area contributed by atoms with E-state index >= 15 is 0 Å². The Morgan fingerprint density at radius 2 is 2.33 bits per heavy atom. The molecule has 0 amide bonds. The van der Waals surface area contributed by atoms with Gasteiger partial charge in [0.2, 0.25) is 0 Å². The number of carbonyl (C=O) groups is 1. The van der Waals surface area contributed by atoms with E-state index in [1.165, 1.54) is 18.1 Å². The summed E-state index contributed by atoms with van der Waals surface area (Å²) < 4.78 is 0. The average molecular weight is 185 g/mol. The van der Waals surface area contributed by atoms with E-state index in [0.717, 1.165) is 0 Å². The van der Waals surface area contributed by atoms with Gasteiger partial charge in [-0.05, 0) is 6.26 Å². The smallest absolute Gasteiger partial charge is 0.342 e. The second-order valence-corrected chi connectivity index (χ2v) is 2.74. The highest BCUT2D eigenvalue weighted by atomic mass is 32.2. The zero-order valence-corrected chi connectivity index (χ0v) is 7.13. The number of aromatic nitrogens is 2. The second-order valence-electron chi connectivity index (χ2n) is 1.95. The summed E-state index contributed by atoms with van der Waals surface area (Å²) in [6.07, 6.45) is 2.97. The maximum Gasteiger partial charge on any atom is 0.342 e. The summed E-state index contributed by atoms with van der Waals surface area (Å²) in [4.78, 5) is 18.0. The standard InChI is InChI=1S/C6H7N3O2S/c1-12-5-3(6(10)11)4(7)8-2-9-5/h2H,1H3,(H,10,11)(H2,7,8,9). The summed E-state index contributed by atoms with van der Waals surface area (Å²) >= 11 is 1.23. The van der Waals surface area contributed by atoms with Crippen molar-refractivity contribution in [3.63, 3.8) is 0 Å². The molecule has 0 aliphatic heterocycles. The summed E-state index contributed by atoms with van der Waals surface area (Å²) in [7, 11) is 0. The molecule has 0 unspecified atom stereocenters. The van der Waals surface area contributed by atoms with Crippen LogP contribution < -0.4 is 5.73 Å². The number of carboxylic acids is 1. The molecule has 0 aliphatic rings. The predicted molar refractivity (Wildman–Crippen MR) is 45.2 cm³/mol. The largest absolute Gasteiger partial charge is 0.477 e. The van der Waals surface area contributed by atoms with Crippen molar-refractivity contribution >= 4 is 23.5 Å². The number of carboxylic acid groups (broad SMARTS) is 1. The number of hydrogen-bond donors (Lipinski definition) is 2. The molecule has 1 aromatic rings.